The molecule has 1 saturated heterocycles. The Morgan fingerprint density at radius 2 is 1.79 bits per heavy atom. The standard InChI is InChI=1S/C25H31N3O4S/c29-25(27-16-17-5-4-14-26-15-17)28-18-10-12-19(13-11-18)33(30,31)23-9-3-7-21-20-6-1-2-8-22(20)32-24(21)23/h4-5,10-15,20-24H,1-3,6-9,16H2,(H2,27,28,29). The van der Waals surface area contributed by atoms with E-state index in [2.05, 4.69) is 15.6 Å². The van der Waals surface area contributed by atoms with Crippen LogP contribution in [0.2, 0.25) is 0 Å². The maximum atomic E-state index is 13.5. The third-order valence-electron chi connectivity index (χ3n) is 7.47. The molecule has 1 aromatic heterocycles. The Labute approximate surface area is 195 Å². The normalized spacial score (nSPS) is 29.0. The molecule has 2 saturated carbocycles. The van der Waals surface area contributed by atoms with Crippen LogP contribution in [-0.2, 0) is 21.1 Å². The first-order chi connectivity index (χ1) is 16.0. The van der Waals surface area contributed by atoms with E-state index in [1.54, 1.807) is 36.7 Å². The number of rotatable bonds is 5. The van der Waals surface area contributed by atoms with E-state index in [0.717, 1.165) is 24.8 Å². The molecule has 1 aromatic carbocycles. The summed E-state index contributed by atoms with van der Waals surface area (Å²) in [6.07, 6.45) is 10.7. The predicted octanol–water partition coefficient (Wildman–Crippen LogP) is 4.30. The number of ether oxygens (including phenoxy) is 1. The molecule has 8 heteroatoms. The van der Waals surface area contributed by atoms with Crippen LogP contribution in [0.3, 0.4) is 0 Å². The molecule has 176 valence electrons. The average Bonchev–Trinajstić information content (AvgIpc) is 3.22. The Morgan fingerprint density at radius 3 is 2.58 bits per heavy atom. The molecule has 5 atom stereocenters. The van der Waals surface area contributed by atoms with Crippen molar-refractivity contribution in [1.29, 1.82) is 0 Å². The molecule has 2 aromatic rings. The zero-order valence-corrected chi connectivity index (χ0v) is 19.5. The lowest BCUT2D eigenvalue weighted by Gasteiger charge is -2.34. The second-order valence-electron chi connectivity index (χ2n) is 9.46. The number of anilines is 1. The van der Waals surface area contributed by atoms with E-state index < -0.39 is 15.1 Å². The monoisotopic (exact) mass is 469 g/mol. The Balaban J connectivity index is 1.24. The van der Waals surface area contributed by atoms with Crippen LogP contribution in [0.15, 0.2) is 53.7 Å². The summed E-state index contributed by atoms with van der Waals surface area (Å²) < 4.78 is 33.5. The fraction of sp³-hybridized carbons (Fsp3) is 0.520. The predicted molar refractivity (Wildman–Crippen MR) is 125 cm³/mol. The minimum Gasteiger partial charge on any atom is -0.373 e. The zero-order chi connectivity index (χ0) is 22.8. The highest BCUT2D eigenvalue weighted by Gasteiger charge is 2.52. The van der Waals surface area contributed by atoms with Gasteiger partial charge in [-0.15, -0.1) is 0 Å². The van der Waals surface area contributed by atoms with Crippen molar-refractivity contribution >= 4 is 21.6 Å². The van der Waals surface area contributed by atoms with Gasteiger partial charge >= 0.3 is 6.03 Å². The van der Waals surface area contributed by atoms with Gasteiger partial charge in [0.2, 0.25) is 0 Å². The lowest BCUT2D eigenvalue weighted by molar-refractivity contribution is 0.00815. The van der Waals surface area contributed by atoms with Crippen molar-refractivity contribution in [3.05, 3.63) is 54.4 Å². The number of sulfone groups is 1. The van der Waals surface area contributed by atoms with Crippen LogP contribution in [0.4, 0.5) is 10.5 Å². The molecular weight excluding hydrogens is 438 g/mol. The van der Waals surface area contributed by atoms with Gasteiger partial charge in [-0.3, -0.25) is 4.98 Å². The maximum absolute atomic E-state index is 13.5. The highest BCUT2D eigenvalue weighted by molar-refractivity contribution is 7.92. The molecule has 2 amide bonds. The molecule has 0 bridgehead atoms. The quantitative estimate of drug-likeness (QED) is 0.680. The number of carbonyl (C=O) groups is 1. The van der Waals surface area contributed by atoms with Gasteiger partial charge in [-0.1, -0.05) is 25.3 Å². The van der Waals surface area contributed by atoms with Gasteiger partial charge in [-0.25, -0.2) is 13.2 Å². The Bertz CT molecular complexity index is 1070. The van der Waals surface area contributed by atoms with E-state index in [4.69, 9.17) is 4.74 Å². The number of carbonyl (C=O) groups excluding carboxylic acids is 1. The number of amides is 2. The fourth-order valence-electron chi connectivity index (χ4n) is 5.89. The van der Waals surface area contributed by atoms with Crippen LogP contribution in [0.1, 0.15) is 50.5 Å². The molecule has 1 aliphatic heterocycles. The molecule has 33 heavy (non-hydrogen) atoms. The van der Waals surface area contributed by atoms with Crippen LogP contribution < -0.4 is 10.6 Å². The van der Waals surface area contributed by atoms with Crippen molar-refractivity contribution in [2.24, 2.45) is 11.8 Å². The second-order valence-corrected chi connectivity index (χ2v) is 11.6. The minimum atomic E-state index is -3.51. The summed E-state index contributed by atoms with van der Waals surface area (Å²) in [5.74, 6) is 0.895. The molecule has 5 unspecified atom stereocenters. The zero-order valence-electron chi connectivity index (χ0n) is 18.7. The Hall–Kier alpha value is -2.45. The van der Waals surface area contributed by atoms with Gasteiger partial charge in [0.15, 0.2) is 9.84 Å². The second kappa shape index (κ2) is 9.43. The molecular formula is C25H31N3O4S. The number of hydrogen-bond acceptors (Lipinski definition) is 5. The van der Waals surface area contributed by atoms with E-state index >= 15 is 0 Å². The van der Waals surface area contributed by atoms with E-state index in [1.807, 2.05) is 12.1 Å². The maximum Gasteiger partial charge on any atom is 0.319 e. The average molecular weight is 470 g/mol. The molecule has 3 fully saturated rings. The third-order valence-corrected chi connectivity index (χ3v) is 9.70. The summed E-state index contributed by atoms with van der Waals surface area (Å²) in [5.41, 5.74) is 1.44. The van der Waals surface area contributed by atoms with Crippen LogP contribution in [-0.4, -0.2) is 36.9 Å². The summed E-state index contributed by atoms with van der Waals surface area (Å²) in [5, 5.41) is 5.04. The summed E-state index contributed by atoms with van der Waals surface area (Å²) in [6, 6.07) is 9.82. The first-order valence-corrected chi connectivity index (χ1v) is 13.5. The van der Waals surface area contributed by atoms with Crippen molar-refractivity contribution in [1.82, 2.24) is 10.3 Å². The first kappa shape index (κ1) is 22.3. The third kappa shape index (κ3) is 4.64. The molecule has 7 nitrogen and oxygen atoms in total. The molecule has 5 rings (SSSR count). The molecule has 2 N–H and O–H groups in total. The van der Waals surface area contributed by atoms with E-state index in [-0.39, 0.29) is 18.2 Å². The van der Waals surface area contributed by atoms with Gasteiger partial charge < -0.3 is 15.4 Å². The molecule has 2 heterocycles. The van der Waals surface area contributed by atoms with E-state index in [9.17, 15) is 13.2 Å². The highest BCUT2D eigenvalue weighted by Crippen LogP contribution is 2.49. The lowest BCUT2D eigenvalue weighted by Crippen LogP contribution is -2.42. The number of pyridine rings is 1. The van der Waals surface area contributed by atoms with Crippen LogP contribution >= 0.6 is 0 Å². The van der Waals surface area contributed by atoms with Gasteiger partial charge in [0.1, 0.15) is 0 Å². The summed E-state index contributed by atoms with van der Waals surface area (Å²) in [6.45, 7) is 0.359. The van der Waals surface area contributed by atoms with Gasteiger partial charge in [0.05, 0.1) is 22.4 Å². The van der Waals surface area contributed by atoms with Crippen molar-refractivity contribution in [2.45, 2.75) is 73.8 Å². The highest BCUT2D eigenvalue weighted by atomic mass is 32.2. The molecule has 2 aliphatic carbocycles. The fourth-order valence-corrected chi connectivity index (χ4v) is 7.85. The van der Waals surface area contributed by atoms with Gasteiger partial charge in [-0.05, 0) is 73.4 Å². The van der Waals surface area contributed by atoms with Gasteiger partial charge in [-0.2, -0.15) is 0 Å². The van der Waals surface area contributed by atoms with Gasteiger partial charge in [0.25, 0.3) is 0 Å². The number of nitrogens with one attached hydrogen (secondary N) is 2. The Kier molecular flexibility index (Phi) is 6.38. The van der Waals surface area contributed by atoms with Crippen LogP contribution in [0.25, 0.3) is 0 Å². The van der Waals surface area contributed by atoms with E-state index in [1.165, 1.54) is 19.3 Å². The number of nitrogens with zero attached hydrogens (tertiary/aromatic N) is 1. The number of fused-ring (bicyclic) bond motifs is 3. The molecule has 3 aliphatic rings. The van der Waals surface area contributed by atoms with Crippen LogP contribution in [0, 0.1) is 11.8 Å². The molecule has 0 radical (unpaired) electrons. The number of aromatic nitrogens is 1. The first-order valence-electron chi connectivity index (χ1n) is 12.0. The Morgan fingerprint density at radius 1 is 1.00 bits per heavy atom. The number of benzene rings is 1. The van der Waals surface area contributed by atoms with Gasteiger partial charge in [0, 0.05) is 24.6 Å². The van der Waals surface area contributed by atoms with Crippen molar-refractivity contribution in [3.8, 4) is 0 Å². The smallest absolute Gasteiger partial charge is 0.319 e. The largest absolute Gasteiger partial charge is 0.373 e. The van der Waals surface area contributed by atoms with Crippen molar-refractivity contribution < 1.29 is 17.9 Å². The number of urea groups is 1. The number of hydrogen-bond donors (Lipinski definition) is 2. The SMILES string of the molecule is O=C(NCc1cccnc1)Nc1ccc(S(=O)(=O)C2CCCC3C4CCCCC4OC32)cc1. The summed E-state index contributed by atoms with van der Waals surface area (Å²) in [7, 11) is -3.51. The summed E-state index contributed by atoms with van der Waals surface area (Å²) in [4.78, 5) is 16.5. The molecule has 0 spiro atoms. The van der Waals surface area contributed by atoms with Crippen LogP contribution in [0.5, 0.6) is 0 Å². The minimum absolute atomic E-state index is 0.187. The summed E-state index contributed by atoms with van der Waals surface area (Å²) >= 11 is 0. The van der Waals surface area contributed by atoms with Crippen molar-refractivity contribution in [3.63, 3.8) is 0 Å². The van der Waals surface area contributed by atoms with E-state index in [0.29, 0.717) is 35.4 Å². The lowest BCUT2D eigenvalue weighted by atomic mass is 9.73. The topological polar surface area (TPSA) is 97.4 Å². The van der Waals surface area contributed by atoms with Crippen molar-refractivity contribution in [2.75, 3.05) is 5.32 Å².